The molecule has 0 saturated heterocycles. The first-order valence-electron chi connectivity index (χ1n) is 21.9. The van der Waals surface area contributed by atoms with Crippen molar-refractivity contribution in [3.05, 3.63) is 284 Å². The molecular weight excluding hydrogens is 847 g/mol. The van der Waals surface area contributed by atoms with Crippen LogP contribution < -0.4 is 27.4 Å². The maximum atomic E-state index is 7.55. The molecule has 0 radical (unpaired) electrons. The molecule has 0 N–H and O–H groups in total. The minimum atomic E-state index is -3.33. The van der Waals surface area contributed by atoms with Gasteiger partial charge in [-0.05, 0) is 60.7 Å². The van der Waals surface area contributed by atoms with Gasteiger partial charge in [0.25, 0.3) is 0 Å². The summed E-state index contributed by atoms with van der Waals surface area (Å²) in [4.78, 5) is 8.16. The van der Waals surface area contributed by atoms with E-state index in [4.69, 9.17) is 6.57 Å². The van der Waals surface area contributed by atoms with E-state index >= 15 is 0 Å². The normalized spacial score (nSPS) is 11.1. The molecule has 0 heterocycles. The van der Waals surface area contributed by atoms with Crippen LogP contribution in [0, 0.1) is 6.57 Å². The SMILES string of the molecule is [C-]#[N+]c1ccc(N(c2ccc(-c3ccc(-c4cc[c]([Ge]([c]5ccccc5)([c]5ccccc5)[c]5ccccc5)cc4)cc3)cc2)c2ccc(N(c3ccccc3)c3ccccc3)cc2)cc1. The van der Waals surface area contributed by atoms with E-state index in [0.29, 0.717) is 5.69 Å². The fourth-order valence-electron chi connectivity index (χ4n) is 9.11. The van der Waals surface area contributed by atoms with E-state index in [1.165, 1.54) is 28.7 Å². The molecular formula is C61H45GeN3. The van der Waals surface area contributed by atoms with E-state index in [1.807, 2.05) is 36.4 Å². The molecule has 0 fully saturated rings. The van der Waals surface area contributed by atoms with Crippen LogP contribution in [0.1, 0.15) is 0 Å². The Hall–Kier alpha value is -8.17. The summed E-state index contributed by atoms with van der Waals surface area (Å²) in [5.74, 6) is 0. The molecule has 4 heteroatoms. The summed E-state index contributed by atoms with van der Waals surface area (Å²) in [5.41, 5.74) is 11.6. The molecule has 0 aromatic heterocycles. The first kappa shape index (κ1) is 40.9. The van der Waals surface area contributed by atoms with Crippen LogP contribution in [-0.2, 0) is 0 Å². The van der Waals surface area contributed by atoms with Gasteiger partial charge in [0.05, 0.1) is 6.57 Å². The van der Waals surface area contributed by atoms with Crippen LogP contribution in [0.25, 0.3) is 27.1 Å². The molecule has 0 aliphatic rings. The molecule has 10 rings (SSSR count). The van der Waals surface area contributed by atoms with Crippen molar-refractivity contribution in [2.45, 2.75) is 0 Å². The van der Waals surface area contributed by atoms with Crippen molar-refractivity contribution in [3.8, 4) is 22.3 Å². The van der Waals surface area contributed by atoms with Gasteiger partial charge in [-0.25, -0.2) is 4.85 Å². The Morgan fingerprint density at radius 2 is 0.477 bits per heavy atom. The van der Waals surface area contributed by atoms with Gasteiger partial charge < -0.3 is 9.80 Å². The van der Waals surface area contributed by atoms with Gasteiger partial charge >= 0.3 is 223 Å². The first-order valence-corrected chi connectivity index (χ1v) is 26.1. The van der Waals surface area contributed by atoms with Gasteiger partial charge in [0.1, 0.15) is 0 Å². The minimum Gasteiger partial charge on any atom is -0.311 e. The molecule has 0 aliphatic heterocycles. The molecule has 308 valence electrons. The molecule has 0 atom stereocenters. The van der Waals surface area contributed by atoms with Gasteiger partial charge in [0.2, 0.25) is 0 Å². The topological polar surface area (TPSA) is 10.8 Å². The number of anilines is 6. The number of rotatable bonds is 12. The van der Waals surface area contributed by atoms with Crippen LogP contribution in [0.4, 0.5) is 39.8 Å². The molecule has 10 aromatic rings. The smallest absolute Gasteiger partial charge is 0.0463 e. The summed E-state index contributed by atoms with van der Waals surface area (Å²) < 4.78 is 5.66. The third-order valence-corrected chi connectivity index (χ3v) is 22.3. The molecule has 10 aromatic carbocycles. The zero-order valence-corrected chi connectivity index (χ0v) is 37.9. The van der Waals surface area contributed by atoms with Gasteiger partial charge in [-0.2, -0.15) is 0 Å². The molecule has 0 saturated carbocycles. The largest absolute Gasteiger partial charge is 0.311 e. The maximum Gasteiger partial charge on any atom is 0.0463 e. The molecule has 0 bridgehead atoms. The Kier molecular flexibility index (Phi) is 11.7. The van der Waals surface area contributed by atoms with Crippen LogP contribution in [-0.4, -0.2) is 13.3 Å². The van der Waals surface area contributed by atoms with E-state index in [9.17, 15) is 0 Å². The minimum absolute atomic E-state index is 0.613. The Morgan fingerprint density at radius 1 is 0.246 bits per heavy atom. The van der Waals surface area contributed by atoms with E-state index in [1.54, 1.807) is 0 Å². The number of benzene rings is 10. The van der Waals surface area contributed by atoms with Crippen molar-refractivity contribution in [3.63, 3.8) is 0 Å². The molecule has 0 spiro atoms. The fraction of sp³-hybridized carbons (Fsp3) is 0. The zero-order chi connectivity index (χ0) is 43.8. The van der Waals surface area contributed by atoms with E-state index in [-0.39, 0.29) is 0 Å². The van der Waals surface area contributed by atoms with Crippen LogP contribution >= 0.6 is 0 Å². The van der Waals surface area contributed by atoms with E-state index < -0.39 is 13.3 Å². The van der Waals surface area contributed by atoms with E-state index in [0.717, 1.165) is 45.3 Å². The number of nitrogens with zero attached hydrogens (tertiary/aromatic N) is 3. The number of para-hydroxylation sites is 2. The van der Waals surface area contributed by atoms with Gasteiger partial charge in [0.15, 0.2) is 5.69 Å². The maximum absolute atomic E-state index is 7.55. The van der Waals surface area contributed by atoms with Crippen LogP contribution in [0.15, 0.2) is 273 Å². The van der Waals surface area contributed by atoms with Crippen molar-refractivity contribution in [1.29, 1.82) is 0 Å². The molecule has 0 unspecified atom stereocenters. The van der Waals surface area contributed by atoms with Crippen molar-refractivity contribution in [2.24, 2.45) is 0 Å². The molecule has 3 nitrogen and oxygen atoms in total. The molecule has 0 amide bonds. The summed E-state index contributed by atoms with van der Waals surface area (Å²) in [6, 6.07) is 97.9. The summed E-state index contributed by atoms with van der Waals surface area (Å²) >= 11 is -3.33. The van der Waals surface area contributed by atoms with Crippen LogP contribution in [0.2, 0.25) is 0 Å². The average Bonchev–Trinajstić information content (AvgIpc) is 3.39. The second-order valence-corrected chi connectivity index (χ2v) is 24.0. The standard InChI is InChI=1S/C61H45GeN3/c1-63-55-37-41-59(42-38-55)65(61-45-43-60(44-46-61)64(56-23-13-5-14-24-56)57-25-15-6-16-26-57)58-39-33-50(34-40-58)48-29-27-47(28-30-48)49-31-35-54(36-32-49)62(51-17-7-2-8-18-51,52-19-9-3-10-20-52)53-21-11-4-12-22-53/h2-46H. The second-order valence-electron chi connectivity index (χ2n) is 16.0. The van der Waals surface area contributed by atoms with Crippen LogP contribution in [0.5, 0.6) is 0 Å². The summed E-state index contributed by atoms with van der Waals surface area (Å²) in [6.45, 7) is 7.55. The van der Waals surface area contributed by atoms with E-state index in [2.05, 4.69) is 251 Å². The predicted octanol–water partition coefficient (Wildman–Crippen LogP) is 13.9. The summed E-state index contributed by atoms with van der Waals surface area (Å²) in [7, 11) is 0. The third kappa shape index (κ3) is 8.27. The van der Waals surface area contributed by atoms with Crippen LogP contribution in [0.3, 0.4) is 0 Å². The van der Waals surface area contributed by atoms with Crippen molar-refractivity contribution in [2.75, 3.05) is 9.80 Å². The van der Waals surface area contributed by atoms with Crippen molar-refractivity contribution < 1.29 is 0 Å². The Bertz CT molecular complexity index is 3000. The fourth-order valence-corrected chi connectivity index (χ4v) is 19.1. The summed E-state index contributed by atoms with van der Waals surface area (Å²) in [5, 5.41) is 0. The second kappa shape index (κ2) is 18.7. The quantitative estimate of drug-likeness (QED) is 0.0894. The Labute approximate surface area is 385 Å². The Morgan fingerprint density at radius 3 is 0.800 bits per heavy atom. The van der Waals surface area contributed by atoms with Gasteiger partial charge in [-0.15, -0.1) is 0 Å². The summed E-state index contributed by atoms with van der Waals surface area (Å²) in [6.07, 6.45) is 0. The number of hydrogen-bond donors (Lipinski definition) is 0. The average molecular weight is 893 g/mol. The molecule has 65 heavy (non-hydrogen) atoms. The predicted molar refractivity (Wildman–Crippen MR) is 277 cm³/mol. The van der Waals surface area contributed by atoms with Crippen molar-refractivity contribution >= 4 is 70.7 Å². The number of hydrogen-bond acceptors (Lipinski definition) is 2. The zero-order valence-electron chi connectivity index (χ0n) is 35.8. The monoisotopic (exact) mass is 893 g/mol. The third-order valence-electron chi connectivity index (χ3n) is 12.2. The van der Waals surface area contributed by atoms with Gasteiger partial charge in [-0.1, -0.05) is 48.5 Å². The van der Waals surface area contributed by atoms with Gasteiger partial charge in [-0.3, -0.25) is 0 Å². The first-order chi connectivity index (χ1) is 32.2. The molecule has 0 aliphatic carbocycles. The Balaban J connectivity index is 0.941. The van der Waals surface area contributed by atoms with Crippen molar-refractivity contribution in [1.82, 2.24) is 0 Å². The van der Waals surface area contributed by atoms with Gasteiger partial charge in [0, 0.05) is 28.4 Å².